The number of hydrogen-bond donors (Lipinski definition) is 2. The molecule has 0 unspecified atom stereocenters. The Morgan fingerprint density at radius 1 is 1.19 bits per heavy atom. The van der Waals surface area contributed by atoms with E-state index in [-0.39, 0.29) is 11.8 Å². The van der Waals surface area contributed by atoms with Gasteiger partial charge < -0.3 is 15.2 Å². The van der Waals surface area contributed by atoms with E-state index in [0.29, 0.717) is 42.0 Å². The lowest BCUT2D eigenvalue weighted by Gasteiger charge is -2.39. The number of carbonyl (C=O) groups is 1. The number of nitrogens with zero attached hydrogens (tertiary/aromatic N) is 2. The van der Waals surface area contributed by atoms with Gasteiger partial charge in [0.05, 0.1) is 11.4 Å². The lowest BCUT2D eigenvalue weighted by atomic mass is 9.90. The quantitative estimate of drug-likeness (QED) is 0.568. The van der Waals surface area contributed by atoms with Crippen LogP contribution >= 0.6 is 0 Å². The molecule has 3 aromatic rings. The van der Waals surface area contributed by atoms with Crippen molar-refractivity contribution in [3.8, 4) is 11.3 Å². The number of alkyl halides is 3. The van der Waals surface area contributed by atoms with Crippen molar-refractivity contribution in [2.45, 2.75) is 32.4 Å². The monoisotopic (exact) mass is 442 g/mol. The Kier molecular flexibility index (Phi) is 5.71. The number of anilines is 1. The second kappa shape index (κ2) is 8.33. The zero-order valence-corrected chi connectivity index (χ0v) is 18.2. The number of benzene rings is 2. The van der Waals surface area contributed by atoms with Gasteiger partial charge in [0.2, 0.25) is 5.82 Å². The van der Waals surface area contributed by atoms with E-state index in [9.17, 15) is 18.0 Å². The molecule has 1 aromatic heterocycles. The Balaban J connectivity index is 1.54. The van der Waals surface area contributed by atoms with Crippen molar-refractivity contribution in [3.63, 3.8) is 0 Å². The van der Waals surface area contributed by atoms with Gasteiger partial charge in [-0.05, 0) is 48.7 Å². The highest BCUT2D eigenvalue weighted by Crippen LogP contribution is 2.34. The molecule has 0 saturated carbocycles. The summed E-state index contributed by atoms with van der Waals surface area (Å²) < 4.78 is 39.5. The summed E-state index contributed by atoms with van der Waals surface area (Å²) in [5, 5.41) is 3.08. The van der Waals surface area contributed by atoms with Crippen LogP contribution in [0.1, 0.15) is 45.8 Å². The molecule has 0 spiro atoms. The average molecular weight is 442 g/mol. The van der Waals surface area contributed by atoms with Gasteiger partial charge in [0.25, 0.3) is 5.91 Å². The average Bonchev–Trinajstić information content (AvgIpc) is 3.18. The molecule has 4 rings (SSSR count). The van der Waals surface area contributed by atoms with Crippen LogP contribution in [-0.2, 0) is 12.6 Å². The molecule has 0 radical (unpaired) electrons. The fourth-order valence-corrected chi connectivity index (χ4v) is 4.01. The molecular formula is C24H25F3N4O. The highest BCUT2D eigenvalue weighted by atomic mass is 19.4. The van der Waals surface area contributed by atoms with Gasteiger partial charge >= 0.3 is 6.18 Å². The Morgan fingerprint density at radius 2 is 1.88 bits per heavy atom. The topological polar surface area (TPSA) is 61.0 Å². The molecule has 8 heteroatoms. The number of halogens is 3. The lowest BCUT2D eigenvalue weighted by Crippen LogP contribution is -2.48. The first-order valence-electron chi connectivity index (χ1n) is 10.5. The summed E-state index contributed by atoms with van der Waals surface area (Å²) in [7, 11) is 1.87. The summed E-state index contributed by atoms with van der Waals surface area (Å²) >= 11 is 0. The number of rotatable bonds is 5. The van der Waals surface area contributed by atoms with Crippen LogP contribution in [0.15, 0.2) is 42.5 Å². The molecule has 0 aliphatic carbocycles. The Hall–Kier alpha value is -3.29. The van der Waals surface area contributed by atoms with Crippen LogP contribution in [0.4, 0.5) is 18.9 Å². The molecule has 2 heterocycles. The molecule has 2 N–H and O–H groups in total. The number of H-pyrrole nitrogens is 1. The zero-order chi connectivity index (χ0) is 23.0. The van der Waals surface area contributed by atoms with Crippen LogP contribution in [0, 0.1) is 6.92 Å². The van der Waals surface area contributed by atoms with Gasteiger partial charge in [0.15, 0.2) is 0 Å². The molecule has 2 aromatic carbocycles. The van der Waals surface area contributed by atoms with Crippen LogP contribution in [0.3, 0.4) is 0 Å². The molecule has 0 atom stereocenters. The summed E-state index contributed by atoms with van der Waals surface area (Å²) in [6.45, 7) is 4.80. The van der Waals surface area contributed by atoms with E-state index < -0.39 is 12.0 Å². The first-order valence-corrected chi connectivity index (χ1v) is 10.5. The summed E-state index contributed by atoms with van der Waals surface area (Å²) in [4.78, 5) is 20.9. The molecule has 1 amide bonds. The zero-order valence-electron chi connectivity index (χ0n) is 18.2. The number of aromatic amines is 1. The number of hydrogen-bond acceptors (Lipinski definition) is 3. The minimum absolute atomic E-state index is 0.122. The van der Waals surface area contributed by atoms with E-state index in [0.717, 1.165) is 11.3 Å². The number of likely N-dealkylation sites (tertiary alicyclic amines) is 1. The van der Waals surface area contributed by atoms with E-state index in [1.807, 2.05) is 26.1 Å². The Bertz CT molecular complexity index is 1130. The third-order valence-corrected chi connectivity index (χ3v) is 5.98. The van der Waals surface area contributed by atoms with Gasteiger partial charge in [0, 0.05) is 42.9 Å². The summed E-state index contributed by atoms with van der Waals surface area (Å²) in [5.41, 5.74) is 4.67. The van der Waals surface area contributed by atoms with Crippen molar-refractivity contribution in [2.75, 3.05) is 25.5 Å². The molecule has 1 fully saturated rings. The predicted molar refractivity (Wildman–Crippen MR) is 118 cm³/mol. The molecule has 1 aliphatic heterocycles. The van der Waals surface area contributed by atoms with E-state index in [1.165, 1.54) is 5.56 Å². The van der Waals surface area contributed by atoms with E-state index in [4.69, 9.17) is 0 Å². The number of nitrogens with one attached hydrogen (secondary N) is 2. The number of aromatic nitrogens is 2. The molecule has 32 heavy (non-hydrogen) atoms. The maximum absolute atomic E-state index is 13.2. The van der Waals surface area contributed by atoms with E-state index >= 15 is 0 Å². The maximum atomic E-state index is 13.2. The summed E-state index contributed by atoms with van der Waals surface area (Å²) in [5.74, 6) is -0.860. The van der Waals surface area contributed by atoms with Crippen molar-refractivity contribution >= 4 is 11.6 Å². The van der Waals surface area contributed by atoms with Gasteiger partial charge in [-0.3, -0.25) is 4.79 Å². The van der Waals surface area contributed by atoms with Gasteiger partial charge in [-0.2, -0.15) is 13.2 Å². The second-order valence-electron chi connectivity index (χ2n) is 8.07. The lowest BCUT2D eigenvalue weighted by molar-refractivity contribution is -0.144. The van der Waals surface area contributed by atoms with Crippen molar-refractivity contribution in [1.29, 1.82) is 0 Å². The molecular weight excluding hydrogens is 417 g/mol. The van der Waals surface area contributed by atoms with Crippen molar-refractivity contribution in [3.05, 3.63) is 70.7 Å². The smallest absolute Gasteiger partial charge is 0.388 e. The number of carbonyl (C=O) groups excluding carboxylic acids is 1. The predicted octanol–water partition coefficient (Wildman–Crippen LogP) is 5.25. The molecule has 0 bridgehead atoms. The minimum Gasteiger partial charge on any atom is -0.388 e. The highest BCUT2D eigenvalue weighted by molar-refractivity contribution is 5.96. The molecule has 1 saturated heterocycles. The Labute approximate surface area is 184 Å². The number of amides is 1. The Morgan fingerprint density at radius 3 is 2.47 bits per heavy atom. The number of aryl methyl sites for hydroxylation is 2. The fourth-order valence-electron chi connectivity index (χ4n) is 4.01. The number of imidazole rings is 1. The van der Waals surface area contributed by atoms with Gasteiger partial charge in [0.1, 0.15) is 0 Å². The van der Waals surface area contributed by atoms with Crippen LogP contribution in [0.25, 0.3) is 11.3 Å². The largest absolute Gasteiger partial charge is 0.449 e. The molecule has 1 aliphatic rings. The first-order chi connectivity index (χ1) is 15.2. The van der Waals surface area contributed by atoms with Gasteiger partial charge in [-0.25, -0.2) is 4.98 Å². The maximum Gasteiger partial charge on any atom is 0.449 e. The van der Waals surface area contributed by atoms with Crippen LogP contribution in [0.5, 0.6) is 0 Å². The summed E-state index contributed by atoms with van der Waals surface area (Å²) in [6, 6.07) is 13.3. The van der Waals surface area contributed by atoms with E-state index in [2.05, 4.69) is 27.4 Å². The van der Waals surface area contributed by atoms with Crippen LogP contribution in [-0.4, -0.2) is 40.9 Å². The summed E-state index contributed by atoms with van der Waals surface area (Å²) in [6.07, 6.45) is -4.21. The second-order valence-corrected chi connectivity index (χ2v) is 8.07. The van der Waals surface area contributed by atoms with E-state index in [1.54, 1.807) is 30.0 Å². The van der Waals surface area contributed by atoms with Crippen LogP contribution in [0.2, 0.25) is 0 Å². The highest BCUT2D eigenvalue weighted by Gasteiger charge is 2.36. The normalized spacial score (nSPS) is 14.4. The fraction of sp³-hybridized carbons (Fsp3) is 0.333. The van der Waals surface area contributed by atoms with Crippen LogP contribution < -0.4 is 5.32 Å². The SMILES string of the molecule is CCc1nc(C(F)(F)F)[nH]c1-c1cc(C(=O)N2CC(c3ccc(NC)cc3)C2)ccc1C. The third kappa shape index (κ3) is 4.09. The minimum atomic E-state index is -4.55. The van der Waals surface area contributed by atoms with Crippen molar-refractivity contribution < 1.29 is 18.0 Å². The first kappa shape index (κ1) is 21.9. The van der Waals surface area contributed by atoms with Gasteiger partial charge in [-0.15, -0.1) is 0 Å². The van der Waals surface area contributed by atoms with Crippen molar-refractivity contribution in [2.24, 2.45) is 0 Å². The molecule has 168 valence electrons. The third-order valence-electron chi connectivity index (χ3n) is 5.98. The van der Waals surface area contributed by atoms with Crippen molar-refractivity contribution in [1.82, 2.24) is 14.9 Å². The van der Waals surface area contributed by atoms with Gasteiger partial charge in [-0.1, -0.05) is 25.1 Å². The molecule has 5 nitrogen and oxygen atoms in total. The standard InChI is InChI=1S/C24H25F3N4O/c1-4-20-21(30-23(29-20)24(25,26)27)19-11-16(6-5-14(19)2)22(32)31-12-17(13-31)15-7-9-18(28-3)10-8-15/h5-11,17,28H,4,12-13H2,1-3H3,(H,29,30).